The molecule has 18 heavy (non-hydrogen) atoms. The van der Waals surface area contributed by atoms with Crippen molar-refractivity contribution in [2.75, 3.05) is 6.54 Å². The van der Waals surface area contributed by atoms with E-state index in [4.69, 9.17) is 5.11 Å². The average molecular weight is 273 g/mol. The Morgan fingerprint density at radius 1 is 1.17 bits per heavy atom. The maximum absolute atomic E-state index is 12.1. The van der Waals surface area contributed by atoms with Gasteiger partial charge in [0.05, 0.1) is 8.07 Å². The fourth-order valence-corrected chi connectivity index (χ4v) is 2.74. The van der Waals surface area contributed by atoms with Gasteiger partial charge in [-0.15, -0.1) is 0 Å². The Balaban J connectivity index is 2.45. The molecular weight excluding hydrogens is 252 g/mol. The molecule has 0 aromatic heterocycles. The molecule has 1 unspecified atom stereocenters. The number of nitrogens with one attached hydrogen (secondary N) is 1. The number of rotatable bonds is 6. The molecule has 0 spiro atoms. The molecule has 1 aromatic rings. The molecule has 0 saturated heterocycles. The van der Waals surface area contributed by atoms with Crippen LogP contribution in [0.1, 0.15) is 5.56 Å². The third-order valence-corrected chi connectivity index (χ3v) is 4.86. The van der Waals surface area contributed by atoms with Crippen molar-refractivity contribution in [1.29, 1.82) is 0 Å². The number of benzene rings is 1. The van der Waals surface area contributed by atoms with Crippen LogP contribution in [0.25, 0.3) is 0 Å². The summed E-state index contributed by atoms with van der Waals surface area (Å²) in [6, 6.07) is 8.23. The van der Waals surface area contributed by atoms with Crippen LogP contribution >= 0.6 is 0 Å². The van der Waals surface area contributed by atoms with E-state index in [0.717, 1.165) is 5.56 Å². The molecule has 0 heterocycles. The van der Waals surface area contributed by atoms with Crippen LogP contribution in [0.15, 0.2) is 24.3 Å². The fraction of sp³-hybridized carbons (Fsp3) is 0.538. The highest BCUT2D eigenvalue weighted by Gasteiger charge is 2.16. The SMILES string of the molecule is C[Si](C)(C)c1ccc(CNCC(O)C(F)F)cc1. The molecule has 0 bridgehead atoms. The fourth-order valence-electron chi connectivity index (χ4n) is 1.58. The Morgan fingerprint density at radius 3 is 2.17 bits per heavy atom. The second kappa shape index (κ2) is 6.40. The molecule has 0 radical (unpaired) electrons. The largest absolute Gasteiger partial charge is 0.386 e. The number of aliphatic hydroxyl groups is 1. The molecule has 1 aromatic carbocycles. The number of hydrogen-bond donors (Lipinski definition) is 2. The molecule has 0 amide bonds. The van der Waals surface area contributed by atoms with Gasteiger partial charge < -0.3 is 10.4 Å². The van der Waals surface area contributed by atoms with E-state index in [0.29, 0.717) is 6.54 Å². The first-order chi connectivity index (χ1) is 8.30. The Kier molecular flexibility index (Phi) is 5.43. The lowest BCUT2D eigenvalue weighted by Gasteiger charge is -2.17. The van der Waals surface area contributed by atoms with Crippen molar-refractivity contribution in [2.45, 2.75) is 38.7 Å². The van der Waals surface area contributed by atoms with Crippen LogP contribution in [0.4, 0.5) is 8.78 Å². The van der Waals surface area contributed by atoms with Gasteiger partial charge in [0.25, 0.3) is 6.43 Å². The van der Waals surface area contributed by atoms with Crippen LogP contribution < -0.4 is 10.5 Å². The first-order valence-electron chi connectivity index (χ1n) is 6.07. The molecule has 1 atom stereocenters. The van der Waals surface area contributed by atoms with E-state index in [1.54, 1.807) is 0 Å². The van der Waals surface area contributed by atoms with E-state index in [1.807, 2.05) is 12.1 Å². The third kappa shape index (κ3) is 4.84. The van der Waals surface area contributed by atoms with Crippen molar-refractivity contribution in [3.63, 3.8) is 0 Å². The minimum absolute atomic E-state index is 0.0898. The van der Waals surface area contributed by atoms with E-state index in [-0.39, 0.29) is 6.54 Å². The van der Waals surface area contributed by atoms with Gasteiger partial charge in [0.2, 0.25) is 0 Å². The summed E-state index contributed by atoms with van der Waals surface area (Å²) in [6.07, 6.45) is -4.28. The van der Waals surface area contributed by atoms with Gasteiger partial charge in [-0.2, -0.15) is 0 Å². The summed E-state index contributed by atoms with van der Waals surface area (Å²) in [4.78, 5) is 0. The zero-order valence-corrected chi connectivity index (χ0v) is 12.1. The Labute approximate surface area is 108 Å². The maximum atomic E-state index is 12.1. The van der Waals surface area contributed by atoms with Crippen LogP contribution in [0.3, 0.4) is 0 Å². The molecule has 0 aliphatic carbocycles. The van der Waals surface area contributed by atoms with Crippen molar-refractivity contribution in [3.05, 3.63) is 29.8 Å². The Morgan fingerprint density at radius 2 is 1.72 bits per heavy atom. The van der Waals surface area contributed by atoms with Gasteiger partial charge in [0.1, 0.15) is 6.10 Å². The van der Waals surface area contributed by atoms with E-state index in [1.165, 1.54) is 5.19 Å². The first-order valence-corrected chi connectivity index (χ1v) is 9.57. The third-order valence-electron chi connectivity index (χ3n) is 2.79. The summed E-state index contributed by atoms with van der Waals surface area (Å²) in [5, 5.41) is 13.1. The lowest BCUT2D eigenvalue weighted by molar-refractivity contribution is -0.00340. The molecule has 0 aliphatic rings. The number of aliphatic hydroxyl groups excluding tert-OH is 1. The van der Waals surface area contributed by atoms with Crippen LogP contribution in [0.2, 0.25) is 19.6 Å². The monoisotopic (exact) mass is 273 g/mol. The summed E-state index contributed by atoms with van der Waals surface area (Å²) in [5.74, 6) is 0. The van der Waals surface area contributed by atoms with Crippen LogP contribution in [0, 0.1) is 0 Å². The highest BCUT2D eigenvalue weighted by atomic mass is 28.3. The second-order valence-electron chi connectivity index (χ2n) is 5.48. The summed E-state index contributed by atoms with van der Waals surface area (Å²) >= 11 is 0. The summed E-state index contributed by atoms with van der Waals surface area (Å²) < 4.78 is 24.1. The molecule has 1 rings (SSSR count). The molecule has 0 aliphatic heterocycles. The second-order valence-corrected chi connectivity index (χ2v) is 10.6. The number of alkyl halides is 2. The minimum Gasteiger partial charge on any atom is -0.386 e. The van der Waals surface area contributed by atoms with Gasteiger partial charge in [-0.1, -0.05) is 49.1 Å². The summed E-state index contributed by atoms with van der Waals surface area (Å²) in [7, 11) is -1.28. The number of hydrogen-bond acceptors (Lipinski definition) is 2. The molecule has 2 nitrogen and oxygen atoms in total. The van der Waals surface area contributed by atoms with Crippen molar-refractivity contribution >= 4 is 13.3 Å². The molecule has 5 heteroatoms. The molecule has 0 fully saturated rings. The standard InChI is InChI=1S/C13H21F2NOSi/c1-18(2,3)11-6-4-10(5-7-11)8-16-9-12(17)13(14)15/h4-7,12-13,16-17H,8-9H2,1-3H3. The van der Waals surface area contributed by atoms with Gasteiger partial charge in [0.15, 0.2) is 0 Å². The molecule has 0 saturated carbocycles. The first kappa shape index (κ1) is 15.3. The normalized spacial score (nSPS) is 13.9. The zero-order chi connectivity index (χ0) is 13.8. The highest BCUT2D eigenvalue weighted by Crippen LogP contribution is 2.05. The summed E-state index contributed by atoms with van der Waals surface area (Å²) in [6.45, 7) is 7.24. The van der Waals surface area contributed by atoms with E-state index >= 15 is 0 Å². The maximum Gasteiger partial charge on any atom is 0.265 e. The predicted octanol–water partition coefficient (Wildman–Crippen LogP) is 1.95. The van der Waals surface area contributed by atoms with Crippen LogP contribution in [-0.4, -0.2) is 32.3 Å². The smallest absolute Gasteiger partial charge is 0.265 e. The number of halogens is 2. The van der Waals surface area contributed by atoms with Gasteiger partial charge in [-0.05, 0) is 5.56 Å². The van der Waals surface area contributed by atoms with Gasteiger partial charge in [0, 0.05) is 13.1 Å². The van der Waals surface area contributed by atoms with E-state index in [9.17, 15) is 8.78 Å². The molecular formula is C13H21F2NOSi. The van der Waals surface area contributed by atoms with Gasteiger partial charge in [-0.25, -0.2) is 8.78 Å². The van der Waals surface area contributed by atoms with Crippen molar-refractivity contribution in [1.82, 2.24) is 5.32 Å². The van der Waals surface area contributed by atoms with Crippen molar-refractivity contribution in [2.24, 2.45) is 0 Å². The topological polar surface area (TPSA) is 32.3 Å². The Hall–Kier alpha value is -0.783. The van der Waals surface area contributed by atoms with E-state index in [2.05, 4.69) is 37.1 Å². The highest BCUT2D eigenvalue weighted by molar-refractivity contribution is 6.88. The van der Waals surface area contributed by atoms with Crippen LogP contribution in [0.5, 0.6) is 0 Å². The Bertz CT molecular complexity index is 362. The average Bonchev–Trinajstić information content (AvgIpc) is 2.28. The lowest BCUT2D eigenvalue weighted by atomic mass is 10.2. The zero-order valence-electron chi connectivity index (χ0n) is 11.1. The summed E-state index contributed by atoms with van der Waals surface area (Å²) in [5.41, 5.74) is 1.04. The van der Waals surface area contributed by atoms with Gasteiger partial charge in [-0.3, -0.25) is 0 Å². The molecule has 102 valence electrons. The van der Waals surface area contributed by atoms with Crippen molar-refractivity contribution in [3.8, 4) is 0 Å². The van der Waals surface area contributed by atoms with Crippen molar-refractivity contribution < 1.29 is 13.9 Å². The lowest BCUT2D eigenvalue weighted by Crippen LogP contribution is -2.37. The minimum atomic E-state index is -2.69. The van der Waals surface area contributed by atoms with Crippen LogP contribution in [-0.2, 0) is 6.54 Å². The van der Waals surface area contributed by atoms with Gasteiger partial charge >= 0.3 is 0 Å². The predicted molar refractivity (Wildman–Crippen MR) is 73.1 cm³/mol. The van der Waals surface area contributed by atoms with E-state index < -0.39 is 20.6 Å². The molecule has 2 N–H and O–H groups in total. The quantitative estimate of drug-likeness (QED) is 0.777.